The van der Waals surface area contributed by atoms with Gasteiger partial charge in [-0.05, 0) is 130 Å². The summed E-state index contributed by atoms with van der Waals surface area (Å²) in [6.07, 6.45) is 3.75. The Kier molecular flexibility index (Phi) is 10.0. The van der Waals surface area contributed by atoms with E-state index in [9.17, 15) is 0 Å². The Morgan fingerprint density at radius 2 is 1.02 bits per heavy atom. The summed E-state index contributed by atoms with van der Waals surface area (Å²) in [4.78, 5) is 14.7. The molecule has 0 radical (unpaired) electrons. The van der Waals surface area contributed by atoms with Crippen LogP contribution in [0.15, 0.2) is 231 Å². The summed E-state index contributed by atoms with van der Waals surface area (Å²) in [5, 5.41) is 4.69. The van der Waals surface area contributed by atoms with Crippen LogP contribution in [0.1, 0.15) is 26.3 Å². The second-order valence-corrected chi connectivity index (χ2v) is 17.5. The molecule has 0 amide bonds. The summed E-state index contributed by atoms with van der Waals surface area (Å²) >= 11 is 0. The first kappa shape index (κ1) is 39.6. The molecule has 11 rings (SSSR count). The van der Waals surface area contributed by atoms with Gasteiger partial charge in [0.1, 0.15) is 11.6 Å². The van der Waals surface area contributed by atoms with Gasteiger partial charge in [-0.25, -0.2) is 9.97 Å². The molecule has 0 aliphatic rings. The number of para-hydroxylation sites is 2. The maximum atomic E-state index is 5.04. The van der Waals surface area contributed by atoms with Crippen LogP contribution in [0.3, 0.4) is 0 Å². The van der Waals surface area contributed by atoms with Crippen molar-refractivity contribution < 1.29 is 0 Å². The minimum atomic E-state index is -0.150. The molecule has 0 atom stereocenters. The standard InChI is InChI=1S/C60H47N5/c1-60(2,3)54-41-47(32-33-50(54)42-19-6-4-7-20-42)63(58-29-14-16-35-61-58)48-37-45(44-31-34-57-53(39-44)52-26-12-13-27-56(52)64(57)46-23-8-5-9-24-46)38-49(40-48)65(59-30-15-17-36-62-59)55-28-18-22-43-21-10-11-25-51(43)55/h4-41H,1-3H3. The van der Waals surface area contributed by atoms with Gasteiger partial charge in [0.15, 0.2) is 0 Å². The number of hydrogen-bond acceptors (Lipinski definition) is 4. The molecule has 3 aromatic heterocycles. The topological polar surface area (TPSA) is 37.2 Å². The summed E-state index contributed by atoms with van der Waals surface area (Å²) < 4.78 is 2.37. The monoisotopic (exact) mass is 837 g/mol. The average Bonchev–Trinajstić information content (AvgIpc) is 3.69. The first-order valence-electron chi connectivity index (χ1n) is 22.2. The summed E-state index contributed by atoms with van der Waals surface area (Å²) in [7, 11) is 0. The highest BCUT2D eigenvalue weighted by molar-refractivity contribution is 6.10. The Bertz CT molecular complexity index is 3460. The number of pyridine rings is 2. The van der Waals surface area contributed by atoms with Gasteiger partial charge in [-0.3, -0.25) is 9.80 Å². The number of nitrogens with zero attached hydrogens (tertiary/aromatic N) is 5. The van der Waals surface area contributed by atoms with Crippen molar-refractivity contribution in [1.29, 1.82) is 0 Å². The highest BCUT2D eigenvalue weighted by atomic mass is 15.2. The number of fused-ring (bicyclic) bond motifs is 4. The van der Waals surface area contributed by atoms with Gasteiger partial charge in [-0.1, -0.05) is 148 Å². The van der Waals surface area contributed by atoms with Crippen LogP contribution in [0.5, 0.6) is 0 Å². The fourth-order valence-corrected chi connectivity index (χ4v) is 9.37. The Morgan fingerprint density at radius 3 is 1.74 bits per heavy atom. The predicted octanol–water partition coefficient (Wildman–Crippen LogP) is 16.3. The van der Waals surface area contributed by atoms with Crippen LogP contribution in [-0.2, 0) is 5.41 Å². The van der Waals surface area contributed by atoms with E-state index >= 15 is 0 Å². The van der Waals surface area contributed by atoms with E-state index in [4.69, 9.17) is 9.97 Å². The van der Waals surface area contributed by atoms with E-state index in [1.54, 1.807) is 0 Å². The van der Waals surface area contributed by atoms with E-state index in [0.717, 1.165) is 67.5 Å². The lowest BCUT2D eigenvalue weighted by molar-refractivity contribution is 0.592. The molecule has 5 heteroatoms. The molecular weight excluding hydrogens is 791 g/mol. The van der Waals surface area contributed by atoms with Gasteiger partial charge in [-0.2, -0.15) is 0 Å². The average molecular weight is 838 g/mol. The molecule has 65 heavy (non-hydrogen) atoms. The number of rotatable bonds is 9. The van der Waals surface area contributed by atoms with Crippen LogP contribution >= 0.6 is 0 Å². The molecule has 8 aromatic carbocycles. The van der Waals surface area contributed by atoms with Gasteiger partial charge in [0.05, 0.1) is 28.1 Å². The van der Waals surface area contributed by atoms with Crippen molar-refractivity contribution in [2.24, 2.45) is 0 Å². The highest BCUT2D eigenvalue weighted by Gasteiger charge is 2.25. The van der Waals surface area contributed by atoms with Crippen LogP contribution in [0, 0.1) is 0 Å². The minimum absolute atomic E-state index is 0.150. The molecule has 0 unspecified atom stereocenters. The fourth-order valence-electron chi connectivity index (χ4n) is 9.37. The fraction of sp³-hybridized carbons (Fsp3) is 0.0667. The summed E-state index contributed by atoms with van der Waals surface area (Å²) in [5.41, 5.74) is 13.2. The Balaban J connectivity index is 1.19. The van der Waals surface area contributed by atoms with E-state index in [1.807, 2.05) is 24.5 Å². The van der Waals surface area contributed by atoms with Gasteiger partial charge in [0.2, 0.25) is 0 Å². The molecule has 11 aromatic rings. The largest absolute Gasteiger partial charge is 0.309 e. The van der Waals surface area contributed by atoms with Gasteiger partial charge >= 0.3 is 0 Å². The number of hydrogen-bond donors (Lipinski definition) is 0. The molecule has 0 bridgehead atoms. The molecule has 0 N–H and O–H groups in total. The van der Waals surface area contributed by atoms with Crippen LogP contribution in [0.2, 0.25) is 0 Å². The Hall–Kier alpha value is -8.28. The van der Waals surface area contributed by atoms with Crippen LogP contribution in [0.25, 0.3) is 60.5 Å². The quantitative estimate of drug-likeness (QED) is 0.145. The smallest absolute Gasteiger partial charge is 0.137 e. The maximum absolute atomic E-state index is 5.04. The van der Waals surface area contributed by atoms with Crippen LogP contribution < -0.4 is 9.80 Å². The van der Waals surface area contributed by atoms with Gasteiger partial charge < -0.3 is 4.57 Å². The third-order valence-corrected chi connectivity index (χ3v) is 12.4. The van der Waals surface area contributed by atoms with Crippen molar-refractivity contribution in [2.75, 3.05) is 9.80 Å². The summed E-state index contributed by atoms with van der Waals surface area (Å²) in [6.45, 7) is 6.88. The third kappa shape index (κ3) is 7.37. The minimum Gasteiger partial charge on any atom is -0.309 e. The molecule has 5 nitrogen and oxygen atoms in total. The van der Waals surface area contributed by atoms with E-state index in [1.165, 1.54) is 33.0 Å². The van der Waals surface area contributed by atoms with Gasteiger partial charge in [-0.15, -0.1) is 0 Å². The lowest BCUT2D eigenvalue weighted by Gasteiger charge is -2.31. The lowest BCUT2D eigenvalue weighted by Crippen LogP contribution is -2.17. The maximum Gasteiger partial charge on any atom is 0.137 e. The summed E-state index contributed by atoms with van der Waals surface area (Å²) in [5.74, 6) is 1.64. The molecule has 0 saturated carbocycles. The molecular formula is C60H47N5. The second-order valence-electron chi connectivity index (χ2n) is 17.5. The van der Waals surface area contributed by atoms with Gasteiger partial charge in [0.25, 0.3) is 0 Å². The van der Waals surface area contributed by atoms with Crippen molar-refractivity contribution in [1.82, 2.24) is 14.5 Å². The Labute approximate surface area is 380 Å². The molecule has 312 valence electrons. The first-order chi connectivity index (χ1) is 31.9. The number of anilines is 6. The second kappa shape index (κ2) is 16.4. The van der Waals surface area contributed by atoms with E-state index in [2.05, 4.69) is 241 Å². The summed E-state index contributed by atoms with van der Waals surface area (Å²) in [6, 6.07) is 78.1. The van der Waals surface area contributed by atoms with E-state index < -0.39 is 0 Å². The molecule has 0 aliphatic carbocycles. The highest BCUT2D eigenvalue weighted by Crippen LogP contribution is 2.46. The Morgan fingerprint density at radius 1 is 0.400 bits per heavy atom. The number of aromatic nitrogens is 3. The molecule has 0 spiro atoms. The molecule has 3 heterocycles. The van der Waals surface area contributed by atoms with Crippen molar-refractivity contribution in [3.05, 3.63) is 236 Å². The van der Waals surface area contributed by atoms with Crippen molar-refractivity contribution >= 4 is 67.0 Å². The van der Waals surface area contributed by atoms with Crippen molar-refractivity contribution in [3.63, 3.8) is 0 Å². The zero-order valence-corrected chi connectivity index (χ0v) is 36.7. The van der Waals surface area contributed by atoms with E-state index in [0.29, 0.717) is 0 Å². The first-order valence-corrected chi connectivity index (χ1v) is 22.2. The van der Waals surface area contributed by atoms with Gasteiger partial charge in [0, 0.05) is 39.9 Å². The predicted molar refractivity (Wildman–Crippen MR) is 273 cm³/mol. The number of benzene rings is 8. The molecule has 0 fully saturated rings. The zero-order valence-electron chi connectivity index (χ0n) is 36.7. The van der Waals surface area contributed by atoms with Crippen LogP contribution in [0.4, 0.5) is 34.4 Å². The van der Waals surface area contributed by atoms with E-state index in [-0.39, 0.29) is 5.41 Å². The zero-order chi connectivity index (χ0) is 43.9. The van der Waals surface area contributed by atoms with Crippen LogP contribution in [-0.4, -0.2) is 14.5 Å². The molecule has 0 saturated heterocycles. The normalized spacial score (nSPS) is 11.6. The molecule has 0 aliphatic heterocycles. The SMILES string of the molecule is CC(C)(C)c1cc(N(c2cc(-c3ccc4c(c3)c3ccccc3n4-c3ccccc3)cc(N(c3ccccn3)c3cccc4ccccc34)c2)c2ccccn2)ccc1-c1ccccc1. The van der Waals surface area contributed by atoms with Crippen molar-refractivity contribution in [2.45, 2.75) is 26.2 Å². The van der Waals surface area contributed by atoms with Crippen molar-refractivity contribution in [3.8, 4) is 27.9 Å². The third-order valence-electron chi connectivity index (χ3n) is 12.4. The lowest BCUT2D eigenvalue weighted by atomic mass is 9.81.